The number of hydrogen-bond donors (Lipinski definition) is 1. The van der Waals surface area contributed by atoms with Crippen molar-refractivity contribution in [1.82, 2.24) is 0 Å². The minimum Gasteiger partial charge on any atom is -0.275 e. The van der Waals surface area contributed by atoms with Crippen LogP contribution in [0.1, 0.15) is 19.8 Å². The quantitative estimate of drug-likeness (QED) is 0.492. The van der Waals surface area contributed by atoms with Crippen LogP contribution in [0.15, 0.2) is 0 Å². The number of hydrogen-bond acceptors (Lipinski definition) is 2. The largest absolute Gasteiger partial charge is 0.275 e. The third-order valence-corrected chi connectivity index (χ3v) is 1.85. The van der Waals surface area contributed by atoms with Crippen LogP contribution < -0.4 is 0 Å². The number of rotatable bonds is 3. The van der Waals surface area contributed by atoms with E-state index in [9.17, 15) is 4.79 Å². The molecule has 0 saturated carbocycles. The summed E-state index contributed by atoms with van der Waals surface area (Å²) in [6, 6.07) is 0. The predicted octanol–water partition coefficient (Wildman–Crippen LogP) is 2.57. The van der Waals surface area contributed by atoms with Crippen molar-refractivity contribution in [2.24, 2.45) is 0 Å². The van der Waals surface area contributed by atoms with Crippen molar-refractivity contribution in [2.75, 3.05) is 5.75 Å². The standard InChI is InChI=1S/C5H10OS2/c1-2-3-4-8-5(6)7/h2-4H2,1H3,(H,6,7). The van der Waals surface area contributed by atoms with Gasteiger partial charge in [0, 0.05) is 5.75 Å². The molecule has 0 fully saturated rings. The van der Waals surface area contributed by atoms with Gasteiger partial charge in [-0.15, -0.1) is 0 Å². The van der Waals surface area contributed by atoms with Crippen LogP contribution in [0.2, 0.25) is 0 Å². The molecule has 0 aliphatic rings. The highest BCUT2D eigenvalue weighted by atomic mass is 32.2. The molecule has 8 heavy (non-hydrogen) atoms. The van der Waals surface area contributed by atoms with Gasteiger partial charge in [0.05, 0.1) is 0 Å². The third-order valence-electron chi connectivity index (χ3n) is 0.723. The maximum absolute atomic E-state index is 10.1. The van der Waals surface area contributed by atoms with E-state index >= 15 is 0 Å². The second-order valence-electron chi connectivity index (χ2n) is 1.47. The van der Waals surface area contributed by atoms with Crippen LogP contribution in [0.5, 0.6) is 0 Å². The van der Waals surface area contributed by atoms with Gasteiger partial charge in [-0.3, -0.25) is 4.79 Å². The Bertz CT molecular complexity index is 72.8. The van der Waals surface area contributed by atoms with Gasteiger partial charge in [-0.25, -0.2) is 0 Å². The lowest BCUT2D eigenvalue weighted by Crippen LogP contribution is -1.79. The first-order valence-corrected chi connectivity index (χ1v) is 4.06. The van der Waals surface area contributed by atoms with Crippen LogP contribution in [0.3, 0.4) is 0 Å². The van der Waals surface area contributed by atoms with Crippen molar-refractivity contribution in [3.63, 3.8) is 0 Å². The molecule has 0 radical (unpaired) electrons. The van der Waals surface area contributed by atoms with E-state index in [1.807, 2.05) is 0 Å². The number of thioether (sulfide) groups is 1. The van der Waals surface area contributed by atoms with E-state index in [1.54, 1.807) is 0 Å². The van der Waals surface area contributed by atoms with Crippen molar-refractivity contribution in [1.29, 1.82) is 0 Å². The van der Waals surface area contributed by atoms with Crippen molar-refractivity contribution >= 4 is 28.8 Å². The second-order valence-corrected chi connectivity index (χ2v) is 3.24. The van der Waals surface area contributed by atoms with Crippen molar-refractivity contribution in [2.45, 2.75) is 19.8 Å². The molecule has 0 heterocycles. The van der Waals surface area contributed by atoms with E-state index in [0.717, 1.165) is 18.6 Å². The first kappa shape index (κ1) is 8.37. The zero-order valence-electron chi connectivity index (χ0n) is 4.89. The van der Waals surface area contributed by atoms with Crippen LogP contribution in [-0.2, 0) is 0 Å². The van der Waals surface area contributed by atoms with E-state index in [1.165, 1.54) is 11.8 Å². The molecule has 3 heteroatoms. The highest BCUT2D eigenvalue weighted by Crippen LogP contribution is 2.08. The minimum absolute atomic E-state index is 0.0709. The Balaban J connectivity index is 2.82. The Hall–Kier alpha value is 0.370. The van der Waals surface area contributed by atoms with Crippen LogP contribution in [0.25, 0.3) is 0 Å². The molecule has 0 N–H and O–H groups in total. The zero-order valence-corrected chi connectivity index (χ0v) is 6.60. The monoisotopic (exact) mass is 150 g/mol. The number of carbonyl (C=O) groups excluding carboxylic acids is 1. The van der Waals surface area contributed by atoms with Crippen molar-refractivity contribution < 1.29 is 4.79 Å². The average molecular weight is 150 g/mol. The van der Waals surface area contributed by atoms with Gasteiger partial charge < -0.3 is 0 Å². The Morgan fingerprint density at radius 1 is 1.75 bits per heavy atom. The molecule has 48 valence electrons. The minimum atomic E-state index is -0.0709. The zero-order chi connectivity index (χ0) is 6.41. The molecule has 0 aliphatic heterocycles. The third kappa shape index (κ3) is 6.37. The molecular weight excluding hydrogens is 140 g/mol. The summed E-state index contributed by atoms with van der Waals surface area (Å²) in [5, 5.41) is 0. The predicted molar refractivity (Wildman–Crippen MR) is 41.7 cm³/mol. The van der Waals surface area contributed by atoms with E-state index in [2.05, 4.69) is 19.6 Å². The lowest BCUT2D eigenvalue weighted by Gasteiger charge is -1.89. The summed E-state index contributed by atoms with van der Waals surface area (Å²) in [4.78, 5) is 10.1. The van der Waals surface area contributed by atoms with Crippen molar-refractivity contribution in [3.8, 4) is 0 Å². The smallest absolute Gasteiger partial charge is 0.243 e. The summed E-state index contributed by atoms with van der Waals surface area (Å²) < 4.78 is -0.0709. The van der Waals surface area contributed by atoms with Gasteiger partial charge in [-0.05, 0) is 6.42 Å². The molecule has 0 aromatic carbocycles. The summed E-state index contributed by atoms with van der Waals surface area (Å²) in [6.45, 7) is 2.10. The van der Waals surface area contributed by atoms with Crippen LogP contribution in [0, 0.1) is 0 Å². The number of unbranched alkanes of at least 4 members (excludes halogenated alkanes) is 1. The first-order chi connectivity index (χ1) is 3.77. The fraction of sp³-hybridized carbons (Fsp3) is 0.800. The number of thiol groups is 1. The van der Waals surface area contributed by atoms with Gasteiger partial charge in [-0.1, -0.05) is 37.7 Å². The Morgan fingerprint density at radius 2 is 2.38 bits per heavy atom. The van der Waals surface area contributed by atoms with E-state index in [-0.39, 0.29) is 4.45 Å². The molecule has 0 rings (SSSR count). The normalized spacial score (nSPS) is 9.25. The molecule has 0 bridgehead atoms. The van der Waals surface area contributed by atoms with Crippen LogP contribution in [0.4, 0.5) is 4.79 Å². The highest BCUT2D eigenvalue weighted by Gasteiger charge is 1.91. The van der Waals surface area contributed by atoms with E-state index in [4.69, 9.17) is 0 Å². The molecule has 0 aromatic heterocycles. The van der Waals surface area contributed by atoms with Crippen LogP contribution in [-0.4, -0.2) is 10.2 Å². The molecule has 0 aromatic rings. The lowest BCUT2D eigenvalue weighted by atomic mass is 10.4. The molecule has 0 atom stereocenters. The molecule has 0 spiro atoms. The molecule has 0 aliphatic carbocycles. The Kier molecular flexibility index (Phi) is 5.76. The summed E-state index contributed by atoms with van der Waals surface area (Å²) >= 11 is 4.88. The van der Waals surface area contributed by atoms with Gasteiger partial charge in [0.1, 0.15) is 0 Å². The summed E-state index contributed by atoms with van der Waals surface area (Å²) in [6.07, 6.45) is 2.25. The van der Waals surface area contributed by atoms with Gasteiger partial charge >= 0.3 is 0 Å². The van der Waals surface area contributed by atoms with Gasteiger partial charge in [-0.2, -0.15) is 0 Å². The van der Waals surface area contributed by atoms with Crippen molar-refractivity contribution in [3.05, 3.63) is 0 Å². The highest BCUT2D eigenvalue weighted by molar-refractivity contribution is 8.32. The van der Waals surface area contributed by atoms with E-state index < -0.39 is 0 Å². The fourth-order valence-electron chi connectivity index (χ4n) is 0.304. The fourth-order valence-corrected chi connectivity index (χ4v) is 1.19. The number of carbonyl (C=O) groups is 1. The summed E-state index contributed by atoms with van der Waals surface area (Å²) in [7, 11) is 0. The maximum atomic E-state index is 10.1. The van der Waals surface area contributed by atoms with Crippen LogP contribution >= 0.6 is 24.4 Å². The Labute approximate surface area is 59.6 Å². The van der Waals surface area contributed by atoms with Gasteiger partial charge in [0.25, 0.3) is 0 Å². The summed E-state index contributed by atoms with van der Waals surface area (Å²) in [5.41, 5.74) is 0. The topological polar surface area (TPSA) is 17.1 Å². The Morgan fingerprint density at radius 3 is 2.75 bits per heavy atom. The maximum Gasteiger partial charge on any atom is 0.243 e. The van der Waals surface area contributed by atoms with E-state index in [0.29, 0.717) is 0 Å². The second kappa shape index (κ2) is 5.51. The molecule has 0 amide bonds. The SMILES string of the molecule is CCCCSC(=O)S. The summed E-state index contributed by atoms with van der Waals surface area (Å²) in [5.74, 6) is 0.916. The first-order valence-electron chi connectivity index (χ1n) is 2.63. The molecule has 1 nitrogen and oxygen atoms in total. The van der Waals surface area contributed by atoms with Gasteiger partial charge in [0.15, 0.2) is 0 Å². The average Bonchev–Trinajstić information content (AvgIpc) is 1.66. The van der Waals surface area contributed by atoms with Gasteiger partial charge in [0.2, 0.25) is 4.45 Å². The molecule has 0 unspecified atom stereocenters. The molecular formula is C5H10OS2. The lowest BCUT2D eigenvalue weighted by molar-refractivity contribution is 0.277. The molecule has 0 saturated heterocycles.